The molecule has 0 radical (unpaired) electrons. The zero-order chi connectivity index (χ0) is 11.4. The number of hydrogen-bond donors (Lipinski definition) is 1. The van der Waals surface area contributed by atoms with Crippen molar-refractivity contribution in [2.24, 2.45) is 5.73 Å². The average molecular weight is 217 g/mol. The van der Waals surface area contributed by atoms with E-state index in [9.17, 15) is 0 Å². The molecular weight excluding hydrogens is 198 g/mol. The van der Waals surface area contributed by atoms with Crippen LogP contribution in [0.4, 0.5) is 11.4 Å². The van der Waals surface area contributed by atoms with E-state index in [2.05, 4.69) is 47.2 Å². The van der Waals surface area contributed by atoms with Crippen LogP contribution in [0.15, 0.2) is 36.4 Å². The Morgan fingerprint density at radius 3 is 2.69 bits per heavy atom. The molecule has 2 N–H and O–H groups in total. The molecule has 1 aromatic carbocycles. The summed E-state index contributed by atoms with van der Waals surface area (Å²) in [7, 11) is 2.14. The molecule has 0 fully saturated rings. The zero-order valence-electron chi connectivity index (χ0n) is 9.76. The van der Waals surface area contributed by atoms with Gasteiger partial charge in [-0.1, -0.05) is 24.3 Å². The number of likely N-dealkylation sites (N-methyl/N-ethyl adjacent to an activating group) is 1. The second kappa shape index (κ2) is 5.03. The SMILES string of the molecule is CN1CCN(CC=CCN)c2ccccc21. The van der Waals surface area contributed by atoms with Crippen LogP contribution in [0, 0.1) is 0 Å². The van der Waals surface area contributed by atoms with Crippen molar-refractivity contribution >= 4 is 11.4 Å². The fourth-order valence-corrected chi connectivity index (χ4v) is 2.05. The van der Waals surface area contributed by atoms with Crippen LogP contribution in [0.25, 0.3) is 0 Å². The Morgan fingerprint density at radius 2 is 1.94 bits per heavy atom. The topological polar surface area (TPSA) is 32.5 Å². The Morgan fingerprint density at radius 1 is 1.19 bits per heavy atom. The van der Waals surface area contributed by atoms with Crippen LogP contribution in [-0.2, 0) is 0 Å². The smallest absolute Gasteiger partial charge is 0.0607 e. The molecule has 0 unspecified atom stereocenters. The maximum atomic E-state index is 5.45. The number of nitrogens with two attached hydrogens (primary N) is 1. The van der Waals surface area contributed by atoms with Crippen LogP contribution in [-0.4, -0.2) is 33.2 Å². The summed E-state index contributed by atoms with van der Waals surface area (Å²) in [5, 5.41) is 0. The van der Waals surface area contributed by atoms with Gasteiger partial charge in [-0.2, -0.15) is 0 Å². The summed E-state index contributed by atoms with van der Waals surface area (Å²) in [4.78, 5) is 4.69. The lowest BCUT2D eigenvalue weighted by Crippen LogP contribution is -2.39. The lowest BCUT2D eigenvalue weighted by molar-refractivity contribution is 0.771. The Hall–Kier alpha value is -1.48. The summed E-state index contributed by atoms with van der Waals surface area (Å²) in [6.07, 6.45) is 4.16. The minimum atomic E-state index is 0.620. The third-order valence-corrected chi connectivity index (χ3v) is 2.97. The number of nitrogens with zero attached hydrogens (tertiary/aromatic N) is 2. The van der Waals surface area contributed by atoms with Crippen molar-refractivity contribution in [3.8, 4) is 0 Å². The minimum Gasteiger partial charge on any atom is -0.371 e. The quantitative estimate of drug-likeness (QED) is 0.778. The van der Waals surface area contributed by atoms with Gasteiger partial charge >= 0.3 is 0 Å². The van der Waals surface area contributed by atoms with E-state index in [0.29, 0.717) is 6.54 Å². The standard InChI is InChI=1S/C13H19N3/c1-15-10-11-16(9-5-4-8-14)13-7-3-2-6-12(13)15/h2-7H,8-11,14H2,1H3. The molecule has 1 aromatic rings. The van der Waals surface area contributed by atoms with Crippen molar-refractivity contribution in [2.45, 2.75) is 0 Å². The van der Waals surface area contributed by atoms with Gasteiger partial charge < -0.3 is 15.5 Å². The molecule has 0 amide bonds. The van der Waals surface area contributed by atoms with Crippen molar-refractivity contribution < 1.29 is 0 Å². The van der Waals surface area contributed by atoms with Crippen molar-refractivity contribution in [3.05, 3.63) is 36.4 Å². The summed E-state index contributed by atoms with van der Waals surface area (Å²) < 4.78 is 0. The highest BCUT2D eigenvalue weighted by Gasteiger charge is 2.18. The Kier molecular flexibility index (Phi) is 3.47. The second-order valence-corrected chi connectivity index (χ2v) is 4.06. The fraction of sp³-hybridized carbons (Fsp3) is 0.385. The third-order valence-electron chi connectivity index (χ3n) is 2.97. The van der Waals surface area contributed by atoms with E-state index in [1.54, 1.807) is 0 Å². The Labute approximate surface area is 97.2 Å². The lowest BCUT2D eigenvalue weighted by atomic mass is 10.2. The van der Waals surface area contributed by atoms with E-state index in [1.807, 2.05) is 6.08 Å². The van der Waals surface area contributed by atoms with Gasteiger partial charge in [0.2, 0.25) is 0 Å². The number of rotatable bonds is 3. The van der Waals surface area contributed by atoms with E-state index in [0.717, 1.165) is 19.6 Å². The van der Waals surface area contributed by atoms with Gasteiger partial charge in [-0.3, -0.25) is 0 Å². The van der Waals surface area contributed by atoms with Crippen molar-refractivity contribution in [3.63, 3.8) is 0 Å². The van der Waals surface area contributed by atoms with E-state index in [1.165, 1.54) is 11.4 Å². The van der Waals surface area contributed by atoms with E-state index in [-0.39, 0.29) is 0 Å². The average Bonchev–Trinajstić information content (AvgIpc) is 2.33. The molecule has 86 valence electrons. The Bertz CT molecular complexity index is 373. The number of para-hydroxylation sites is 2. The predicted octanol–water partition coefficient (Wildman–Crippen LogP) is 1.46. The normalized spacial score (nSPS) is 15.6. The molecule has 0 saturated heterocycles. The number of benzene rings is 1. The monoisotopic (exact) mass is 217 g/mol. The molecule has 16 heavy (non-hydrogen) atoms. The largest absolute Gasteiger partial charge is 0.371 e. The maximum Gasteiger partial charge on any atom is 0.0607 e. The van der Waals surface area contributed by atoms with Crippen molar-refractivity contribution in [1.82, 2.24) is 0 Å². The van der Waals surface area contributed by atoms with Crippen LogP contribution in [0.3, 0.4) is 0 Å². The van der Waals surface area contributed by atoms with Crippen LogP contribution in [0.2, 0.25) is 0 Å². The molecule has 0 aromatic heterocycles. The van der Waals surface area contributed by atoms with Gasteiger partial charge in [0.15, 0.2) is 0 Å². The van der Waals surface area contributed by atoms with Crippen LogP contribution < -0.4 is 15.5 Å². The molecule has 2 rings (SSSR count). The molecule has 0 aliphatic carbocycles. The summed E-state index contributed by atoms with van der Waals surface area (Å²) in [6.45, 7) is 3.72. The molecule has 3 heteroatoms. The summed E-state index contributed by atoms with van der Waals surface area (Å²) >= 11 is 0. The van der Waals surface area contributed by atoms with E-state index in [4.69, 9.17) is 5.73 Å². The third kappa shape index (κ3) is 2.19. The van der Waals surface area contributed by atoms with Gasteiger partial charge in [0.25, 0.3) is 0 Å². The van der Waals surface area contributed by atoms with Crippen molar-refractivity contribution in [1.29, 1.82) is 0 Å². The first-order chi connectivity index (χ1) is 7.83. The van der Waals surface area contributed by atoms with Gasteiger partial charge in [-0.05, 0) is 12.1 Å². The first kappa shape index (κ1) is 11.0. The van der Waals surface area contributed by atoms with Gasteiger partial charge in [-0.25, -0.2) is 0 Å². The van der Waals surface area contributed by atoms with Gasteiger partial charge in [0.1, 0.15) is 0 Å². The molecule has 0 atom stereocenters. The predicted molar refractivity (Wildman–Crippen MR) is 70.1 cm³/mol. The van der Waals surface area contributed by atoms with E-state index < -0.39 is 0 Å². The highest BCUT2D eigenvalue weighted by molar-refractivity contribution is 5.73. The highest BCUT2D eigenvalue weighted by Crippen LogP contribution is 2.31. The maximum absolute atomic E-state index is 5.45. The summed E-state index contributed by atoms with van der Waals surface area (Å²) in [6, 6.07) is 8.54. The Balaban J connectivity index is 2.18. The summed E-state index contributed by atoms with van der Waals surface area (Å²) in [5.74, 6) is 0. The first-order valence-electron chi connectivity index (χ1n) is 5.73. The molecule has 1 aliphatic rings. The van der Waals surface area contributed by atoms with Gasteiger partial charge in [-0.15, -0.1) is 0 Å². The minimum absolute atomic E-state index is 0.620. The van der Waals surface area contributed by atoms with E-state index >= 15 is 0 Å². The molecule has 0 bridgehead atoms. The second-order valence-electron chi connectivity index (χ2n) is 4.06. The highest BCUT2D eigenvalue weighted by atomic mass is 15.2. The number of fused-ring (bicyclic) bond motifs is 1. The molecule has 0 spiro atoms. The van der Waals surface area contributed by atoms with Gasteiger partial charge in [0, 0.05) is 33.2 Å². The molecule has 3 nitrogen and oxygen atoms in total. The molecule has 1 aliphatic heterocycles. The molecule has 0 saturated carbocycles. The lowest BCUT2D eigenvalue weighted by Gasteiger charge is -2.36. The van der Waals surface area contributed by atoms with Crippen LogP contribution in [0.1, 0.15) is 0 Å². The van der Waals surface area contributed by atoms with Crippen LogP contribution >= 0.6 is 0 Å². The fourth-order valence-electron chi connectivity index (χ4n) is 2.05. The van der Waals surface area contributed by atoms with Crippen molar-refractivity contribution in [2.75, 3.05) is 43.0 Å². The first-order valence-corrected chi connectivity index (χ1v) is 5.73. The number of hydrogen-bond acceptors (Lipinski definition) is 3. The van der Waals surface area contributed by atoms with Gasteiger partial charge in [0.05, 0.1) is 11.4 Å². The summed E-state index contributed by atoms with van der Waals surface area (Å²) in [5.41, 5.74) is 8.08. The van der Waals surface area contributed by atoms with Crippen LogP contribution in [0.5, 0.6) is 0 Å². The number of anilines is 2. The molecular formula is C13H19N3. The zero-order valence-corrected chi connectivity index (χ0v) is 9.76. The molecule has 1 heterocycles.